The Morgan fingerprint density at radius 3 is 2.66 bits per heavy atom. The smallest absolute Gasteiger partial charge is 0.418 e. The number of alkyl halides is 3. The van der Waals surface area contributed by atoms with E-state index in [0.717, 1.165) is 6.07 Å². The number of hydrogen-bond donors (Lipinski definition) is 2. The third kappa shape index (κ3) is 6.07. The van der Waals surface area contributed by atoms with Gasteiger partial charge in [-0.15, -0.1) is 0 Å². The molecule has 0 saturated carbocycles. The van der Waals surface area contributed by atoms with E-state index < -0.39 is 28.8 Å². The largest absolute Gasteiger partial charge is 0.463 e. The van der Waals surface area contributed by atoms with Crippen LogP contribution >= 0.6 is 11.6 Å². The molecule has 0 radical (unpaired) electrons. The Morgan fingerprint density at radius 1 is 1.27 bits per heavy atom. The van der Waals surface area contributed by atoms with E-state index in [4.69, 9.17) is 22.1 Å². The summed E-state index contributed by atoms with van der Waals surface area (Å²) in [7, 11) is 0. The number of amides is 2. The van der Waals surface area contributed by atoms with Crippen molar-refractivity contribution in [2.24, 2.45) is 0 Å². The van der Waals surface area contributed by atoms with Crippen molar-refractivity contribution in [1.29, 1.82) is 0 Å². The number of nitrogen functional groups attached to an aromatic ring is 1. The molecule has 5 rings (SSSR count). The number of anilines is 2. The van der Waals surface area contributed by atoms with E-state index in [9.17, 15) is 22.8 Å². The number of pyridine rings is 1. The van der Waals surface area contributed by atoms with Crippen molar-refractivity contribution in [2.45, 2.75) is 51.4 Å². The molecule has 2 aliphatic heterocycles. The van der Waals surface area contributed by atoms with Gasteiger partial charge >= 0.3 is 12.2 Å². The number of carbonyl (C=O) groups excluding carboxylic acids is 2. The Kier molecular flexibility index (Phi) is 8.56. The maximum absolute atomic E-state index is 16.5. The lowest BCUT2D eigenvalue weighted by atomic mass is 9.99. The summed E-state index contributed by atoms with van der Waals surface area (Å²) in [5, 5.41) is 2.62. The summed E-state index contributed by atoms with van der Waals surface area (Å²) < 4.78 is 64.8. The standard InChI is InChI=1S/C29H30ClF4N7O3/c1-4-21(43)40-8-9-41(15(3)13-40)27-17-12-18(30)22(26-23(29(32,33)34)14(2)11-19(35)37-26)24(31)25(17)38-28(39-27)44-10-7-16-5-6-20(42)36-16/h4,11-12,15-16H,1,5-10,13H2,2-3H3,(H2,35,37)(H,36,42)/t15-,16-/m0/s1. The fourth-order valence-corrected chi connectivity index (χ4v) is 5.97. The van der Waals surface area contributed by atoms with Crippen LogP contribution in [-0.2, 0) is 15.8 Å². The Morgan fingerprint density at radius 2 is 2.02 bits per heavy atom. The van der Waals surface area contributed by atoms with Crippen molar-refractivity contribution in [3.8, 4) is 17.3 Å². The Labute approximate surface area is 255 Å². The van der Waals surface area contributed by atoms with Crippen molar-refractivity contribution in [2.75, 3.05) is 36.9 Å². The van der Waals surface area contributed by atoms with Gasteiger partial charge < -0.3 is 25.6 Å². The number of nitrogens with two attached hydrogens (primary N) is 1. The lowest BCUT2D eigenvalue weighted by Gasteiger charge is -2.40. The fraction of sp³-hybridized carbons (Fsp3) is 0.414. The van der Waals surface area contributed by atoms with E-state index in [-0.39, 0.29) is 69.6 Å². The van der Waals surface area contributed by atoms with Gasteiger partial charge in [0.25, 0.3) is 0 Å². The number of halogens is 5. The fourth-order valence-electron chi connectivity index (χ4n) is 5.69. The highest BCUT2D eigenvalue weighted by atomic mass is 35.5. The van der Waals surface area contributed by atoms with Crippen molar-refractivity contribution in [1.82, 2.24) is 25.2 Å². The average Bonchev–Trinajstić information content (AvgIpc) is 3.36. The number of aromatic nitrogens is 3. The normalized spacial score (nSPS) is 18.9. The molecule has 2 aliphatic rings. The van der Waals surface area contributed by atoms with Gasteiger partial charge in [0.15, 0.2) is 5.82 Å². The molecule has 0 unspecified atom stereocenters. The second kappa shape index (κ2) is 12.1. The van der Waals surface area contributed by atoms with Gasteiger partial charge in [-0.1, -0.05) is 18.2 Å². The molecule has 4 heterocycles. The summed E-state index contributed by atoms with van der Waals surface area (Å²) in [6.07, 6.45) is -2.17. The van der Waals surface area contributed by atoms with Crippen molar-refractivity contribution >= 4 is 46.0 Å². The van der Waals surface area contributed by atoms with Crippen LogP contribution in [0.3, 0.4) is 0 Å². The maximum Gasteiger partial charge on any atom is 0.418 e. The number of nitrogens with zero attached hydrogens (tertiary/aromatic N) is 5. The van der Waals surface area contributed by atoms with E-state index in [2.05, 4.69) is 26.8 Å². The monoisotopic (exact) mass is 635 g/mol. The van der Waals surface area contributed by atoms with E-state index in [1.54, 1.807) is 4.90 Å². The van der Waals surface area contributed by atoms with E-state index >= 15 is 4.39 Å². The lowest BCUT2D eigenvalue weighted by Crippen LogP contribution is -2.53. The number of piperazine rings is 1. The molecule has 2 aromatic heterocycles. The molecular weight excluding hydrogens is 606 g/mol. The molecule has 44 heavy (non-hydrogen) atoms. The molecular formula is C29H30ClF4N7O3. The number of hydrogen-bond acceptors (Lipinski definition) is 8. The van der Waals surface area contributed by atoms with Gasteiger partial charge in [0.1, 0.15) is 17.2 Å². The number of carbonyl (C=O) groups is 2. The van der Waals surface area contributed by atoms with E-state index in [0.29, 0.717) is 38.9 Å². The Hall–Kier alpha value is -4.20. The molecule has 2 atom stereocenters. The van der Waals surface area contributed by atoms with Gasteiger partial charge in [-0.2, -0.15) is 23.1 Å². The van der Waals surface area contributed by atoms with Crippen molar-refractivity contribution in [3.05, 3.63) is 46.8 Å². The molecule has 1 aromatic carbocycles. The highest BCUT2D eigenvalue weighted by Gasteiger charge is 2.39. The predicted octanol–water partition coefficient (Wildman–Crippen LogP) is 4.66. The van der Waals surface area contributed by atoms with Crippen molar-refractivity contribution < 1.29 is 31.9 Å². The molecule has 15 heteroatoms. The van der Waals surface area contributed by atoms with E-state index in [1.165, 1.54) is 19.1 Å². The van der Waals surface area contributed by atoms with Crippen LogP contribution in [-0.4, -0.2) is 70.0 Å². The predicted molar refractivity (Wildman–Crippen MR) is 157 cm³/mol. The molecule has 0 bridgehead atoms. The quantitative estimate of drug-likeness (QED) is 0.284. The van der Waals surface area contributed by atoms with Gasteiger partial charge in [0.2, 0.25) is 11.8 Å². The van der Waals surface area contributed by atoms with Crippen LogP contribution in [0, 0.1) is 12.7 Å². The third-order valence-corrected chi connectivity index (χ3v) is 8.07. The number of aryl methyl sites for hydroxylation is 1. The molecule has 3 N–H and O–H groups in total. The highest BCUT2D eigenvalue weighted by molar-refractivity contribution is 6.34. The first-order chi connectivity index (χ1) is 20.8. The van der Waals surface area contributed by atoms with Gasteiger partial charge in [-0.3, -0.25) is 9.59 Å². The minimum absolute atomic E-state index is 0.0580. The highest BCUT2D eigenvalue weighted by Crippen LogP contribution is 2.44. The van der Waals surface area contributed by atoms with Gasteiger partial charge in [0, 0.05) is 49.9 Å². The van der Waals surface area contributed by atoms with Crippen LogP contribution in [0.5, 0.6) is 6.01 Å². The summed E-state index contributed by atoms with van der Waals surface area (Å²) in [5.74, 6) is -1.46. The van der Waals surface area contributed by atoms with E-state index in [1.807, 2.05) is 11.8 Å². The number of nitrogens with one attached hydrogen (secondary N) is 1. The van der Waals surface area contributed by atoms with Crippen LogP contribution in [0.1, 0.15) is 37.3 Å². The number of benzene rings is 1. The second-order valence-electron chi connectivity index (χ2n) is 10.8. The van der Waals surface area contributed by atoms with Gasteiger partial charge in [-0.05, 0) is 44.0 Å². The first kappa shape index (κ1) is 31.2. The number of rotatable bonds is 7. The summed E-state index contributed by atoms with van der Waals surface area (Å²) in [4.78, 5) is 39.9. The minimum Gasteiger partial charge on any atom is -0.463 e. The summed E-state index contributed by atoms with van der Waals surface area (Å²) in [6.45, 7) is 7.59. The minimum atomic E-state index is -4.89. The van der Waals surface area contributed by atoms with Crippen LogP contribution < -0.4 is 20.7 Å². The van der Waals surface area contributed by atoms with Crippen LogP contribution in [0.2, 0.25) is 5.02 Å². The zero-order valence-electron chi connectivity index (χ0n) is 24.0. The van der Waals surface area contributed by atoms with Gasteiger partial charge in [0.05, 0.1) is 28.5 Å². The topological polar surface area (TPSA) is 127 Å². The number of fused-ring (bicyclic) bond motifs is 1. The van der Waals surface area contributed by atoms with Gasteiger partial charge in [-0.25, -0.2) is 9.37 Å². The van der Waals surface area contributed by atoms with Crippen LogP contribution in [0.15, 0.2) is 24.8 Å². The molecule has 2 amide bonds. The maximum atomic E-state index is 16.5. The molecule has 2 fully saturated rings. The van der Waals surface area contributed by atoms with Crippen LogP contribution in [0.25, 0.3) is 22.2 Å². The molecule has 2 saturated heterocycles. The first-order valence-corrected chi connectivity index (χ1v) is 14.3. The SMILES string of the molecule is C=CC(=O)N1CCN(c2nc(OCC[C@@H]3CCC(=O)N3)nc3c(F)c(-c4nc(N)cc(C)c4C(F)(F)F)c(Cl)cc23)[C@@H](C)C1. The lowest BCUT2D eigenvalue weighted by molar-refractivity contribution is -0.137. The summed E-state index contributed by atoms with van der Waals surface area (Å²) in [6, 6.07) is 1.74. The second-order valence-corrected chi connectivity index (χ2v) is 11.2. The zero-order valence-corrected chi connectivity index (χ0v) is 24.7. The zero-order chi connectivity index (χ0) is 31.9. The third-order valence-electron chi connectivity index (χ3n) is 7.77. The molecule has 234 valence electrons. The first-order valence-electron chi connectivity index (χ1n) is 13.9. The molecule has 3 aromatic rings. The van der Waals surface area contributed by atoms with Crippen molar-refractivity contribution in [3.63, 3.8) is 0 Å². The average molecular weight is 636 g/mol. The Balaban J connectivity index is 1.63. The summed E-state index contributed by atoms with van der Waals surface area (Å²) >= 11 is 6.52. The Bertz CT molecular complexity index is 1650. The van der Waals surface area contributed by atoms with Crippen LogP contribution in [0.4, 0.5) is 29.2 Å². The molecule has 0 spiro atoms. The molecule has 0 aliphatic carbocycles. The summed E-state index contributed by atoms with van der Waals surface area (Å²) in [5.41, 5.74) is 2.66. The number of ether oxygens (including phenoxy) is 1. The molecule has 10 nitrogen and oxygen atoms in total.